The van der Waals surface area contributed by atoms with Gasteiger partial charge in [-0.25, -0.2) is 0 Å². The monoisotopic (exact) mass is 209 g/mol. The van der Waals surface area contributed by atoms with Crippen LogP contribution >= 0.6 is 11.8 Å². The van der Waals surface area contributed by atoms with E-state index in [0.29, 0.717) is 6.61 Å². The van der Waals surface area contributed by atoms with Gasteiger partial charge in [-0.2, -0.15) is 0 Å². The molecule has 3 nitrogen and oxygen atoms in total. The van der Waals surface area contributed by atoms with Crippen molar-refractivity contribution in [3.8, 4) is 0 Å². The van der Waals surface area contributed by atoms with Crippen molar-refractivity contribution in [3.05, 3.63) is 29.8 Å². The first-order valence-corrected chi connectivity index (χ1v) is 5.37. The number of amides is 1. The molecular formula is C10H11NO2S. The number of hydrogen-bond donors (Lipinski definition) is 1. The van der Waals surface area contributed by atoms with E-state index in [4.69, 9.17) is 4.74 Å². The Morgan fingerprint density at radius 3 is 3.07 bits per heavy atom. The maximum atomic E-state index is 11.6. The summed E-state index contributed by atoms with van der Waals surface area (Å²) < 4.78 is 5.34. The van der Waals surface area contributed by atoms with E-state index in [1.165, 1.54) is 11.8 Å². The van der Waals surface area contributed by atoms with Crippen molar-refractivity contribution in [1.29, 1.82) is 0 Å². The van der Waals surface area contributed by atoms with Gasteiger partial charge >= 0.3 is 0 Å². The molecule has 1 atom stereocenters. The second-order valence-electron chi connectivity index (χ2n) is 2.87. The molecule has 1 aromatic carbocycles. The van der Waals surface area contributed by atoms with E-state index < -0.39 is 0 Å². The van der Waals surface area contributed by atoms with Crippen LogP contribution in [0, 0.1) is 0 Å². The lowest BCUT2D eigenvalue weighted by Gasteiger charge is -2.24. The van der Waals surface area contributed by atoms with Crippen molar-refractivity contribution in [2.24, 2.45) is 0 Å². The summed E-state index contributed by atoms with van der Waals surface area (Å²) in [7, 11) is 0. The van der Waals surface area contributed by atoms with Crippen LogP contribution in [0.3, 0.4) is 0 Å². The number of rotatable bonds is 2. The van der Waals surface area contributed by atoms with Gasteiger partial charge in [-0.05, 0) is 19.1 Å². The molecule has 1 aliphatic heterocycles. The fraction of sp³-hybridized carbons (Fsp3) is 0.300. The summed E-state index contributed by atoms with van der Waals surface area (Å²) in [6, 6.07) is 7.54. The fourth-order valence-corrected chi connectivity index (χ4v) is 2.36. The number of ether oxygens (including phenoxy) is 1. The lowest BCUT2D eigenvalue weighted by molar-refractivity contribution is 0.0715. The minimum atomic E-state index is -0.248. The average Bonchev–Trinajstić information content (AvgIpc) is 2.18. The van der Waals surface area contributed by atoms with Gasteiger partial charge in [-0.1, -0.05) is 23.9 Å². The summed E-state index contributed by atoms with van der Waals surface area (Å²) in [5.74, 6) is -0.0576. The summed E-state index contributed by atoms with van der Waals surface area (Å²) in [6.45, 7) is 2.51. The van der Waals surface area contributed by atoms with Crippen LogP contribution in [0.25, 0.3) is 0 Å². The van der Waals surface area contributed by atoms with Gasteiger partial charge in [0.05, 0.1) is 5.56 Å². The number of nitrogens with one attached hydrogen (secondary N) is 1. The van der Waals surface area contributed by atoms with E-state index in [1.54, 1.807) is 0 Å². The highest BCUT2D eigenvalue weighted by molar-refractivity contribution is 8.00. The number of fused-ring (bicyclic) bond motifs is 1. The van der Waals surface area contributed by atoms with Crippen molar-refractivity contribution in [1.82, 2.24) is 5.32 Å². The van der Waals surface area contributed by atoms with E-state index in [-0.39, 0.29) is 11.5 Å². The van der Waals surface area contributed by atoms with Gasteiger partial charge in [0.15, 0.2) is 5.56 Å². The van der Waals surface area contributed by atoms with Crippen molar-refractivity contribution in [2.75, 3.05) is 6.61 Å². The quantitative estimate of drug-likeness (QED) is 0.807. The Labute approximate surface area is 86.8 Å². The standard InChI is InChI=1S/C10H11NO2S/c1-2-13-10-11-9(12)7-5-3-4-6-8(7)14-10/h3-6,10H,2H2,1H3,(H,11,12). The Hall–Kier alpha value is -1.00. The molecule has 74 valence electrons. The Kier molecular flexibility index (Phi) is 2.74. The molecule has 4 heteroatoms. The highest BCUT2D eigenvalue weighted by Gasteiger charge is 2.24. The topological polar surface area (TPSA) is 38.3 Å². The zero-order valence-corrected chi connectivity index (χ0v) is 8.64. The fourth-order valence-electron chi connectivity index (χ4n) is 1.31. The molecule has 0 fully saturated rings. The number of carbonyl (C=O) groups is 1. The molecule has 0 aromatic heterocycles. The minimum Gasteiger partial charge on any atom is -0.349 e. The van der Waals surface area contributed by atoms with E-state index in [1.807, 2.05) is 31.2 Å². The number of hydrogen-bond acceptors (Lipinski definition) is 3. The SMILES string of the molecule is CCOC1NC(=O)c2ccccc2S1. The van der Waals surface area contributed by atoms with Crippen LogP contribution in [0.2, 0.25) is 0 Å². The number of benzene rings is 1. The maximum Gasteiger partial charge on any atom is 0.255 e. The summed E-state index contributed by atoms with van der Waals surface area (Å²) in [4.78, 5) is 12.5. The average molecular weight is 209 g/mol. The first kappa shape index (κ1) is 9.55. The van der Waals surface area contributed by atoms with Crippen LogP contribution in [0.4, 0.5) is 0 Å². The third kappa shape index (κ3) is 1.76. The molecule has 1 aliphatic rings. The second-order valence-corrected chi connectivity index (χ2v) is 3.98. The predicted molar refractivity (Wildman–Crippen MR) is 55.2 cm³/mol. The third-order valence-electron chi connectivity index (χ3n) is 1.93. The van der Waals surface area contributed by atoms with Gasteiger partial charge in [0.2, 0.25) is 0 Å². The van der Waals surface area contributed by atoms with Crippen LogP contribution in [-0.2, 0) is 4.74 Å². The van der Waals surface area contributed by atoms with Gasteiger partial charge < -0.3 is 10.1 Å². The van der Waals surface area contributed by atoms with Crippen molar-refractivity contribution in [3.63, 3.8) is 0 Å². The van der Waals surface area contributed by atoms with Crippen molar-refractivity contribution in [2.45, 2.75) is 17.4 Å². The molecule has 1 unspecified atom stereocenters. The van der Waals surface area contributed by atoms with Crippen LogP contribution in [-0.4, -0.2) is 18.1 Å². The van der Waals surface area contributed by atoms with Gasteiger partial charge in [0.1, 0.15) is 0 Å². The van der Waals surface area contributed by atoms with E-state index >= 15 is 0 Å². The van der Waals surface area contributed by atoms with Crippen LogP contribution in [0.1, 0.15) is 17.3 Å². The van der Waals surface area contributed by atoms with Gasteiger partial charge in [0, 0.05) is 11.5 Å². The summed E-state index contributed by atoms with van der Waals surface area (Å²) >= 11 is 1.53. The normalized spacial score (nSPS) is 20.1. The van der Waals surface area contributed by atoms with Crippen molar-refractivity contribution >= 4 is 17.7 Å². The smallest absolute Gasteiger partial charge is 0.255 e. The zero-order valence-electron chi connectivity index (χ0n) is 7.82. The highest BCUT2D eigenvalue weighted by atomic mass is 32.2. The molecular weight excluding hydrogens is 198 g/mol. The molecule has 14 heavy (non-hydrogen) atoms. The molecule has 0 aliphatic carbocycles. The van der Waals surface area contributed by atoms with Gasteiger partial charge in [0.25, 0.3) is 5.91 Å². The molecule has 2 rings (SSSR count). The molecule has 0 saturated carbocycles. The lowest BCUT2D eigenvalue weighted by atomic mass is 10.2. The van der Waals surface area contributed by atoms with Gasteiger partial charge in [-0.15, -0.1) is 0 Å². The van der Waals surface area contributed by atoms with E-state index in [9.17, 15) is 4.79 Å². The number of thioether (sulfide) groups is 1. The first-order chi connectivity index (χ1) is 6.81. The molecule has 1 heterocycles. The molecule has 0 radical (unpaired) electrons. The molecule has 1 amide bonds. The summed E-state index contributed by atoms with van der Waals surface area (Å²) in [5, 5.41) is 2.78. The maximum absolute atomic E-state index is 11.6. The van der Waals surface area contributed by atoms with E-state index in [0.717, 1.165) is 10.5 Å². The Balaban J connectivity index is 2.24. The molecule has 1 aromatic rings. The lowest BCUT2D eigenvalue weighted by Crippen LogP contribution is -2.38. The van der Waals surface area contributed by atoms with Crippen LogP contribution in [0.15, 0.2) is 29.2 Å². The highest BCUT2D eigenvalue weighted by Crippen LogP contribution is 2.30. The number of carbonyl (C=O) groups excluding carboxylic acids is 1. The third-order valence-corrected chi connectivity index (χ3v) is 3.01. The summed E-state index contributed by atoms with van der Waals surface area (Å²) in [5.41, 5.74) is 0.482. The van der Waals surface area contributed by atoms with E-state index in [2.05, 4.69) is 5.32 Å². The Bertz CT molecular complexity index is 354. The van der Waals surface area contributed by atoms with Crippen LogP contribution in [0.5, 0.6) is 0 Å². The van der Waals surface area contributed by atoms with Crippen LogP contribution < -0.4 is 5.32 Å². The molecule has 0 spiro atoms. The predicted octanol–water partition coefficient (Wildman–Crippen LogP) is 1.84. The first-order valence-electron chi connectivity index (χ1n) is 4.49. The zero-order chi connectivity index (χ0) is 9.97. The van der Waals surface area contributed by atoms with Crippen molar-refractivity contribution < 1.29 is 9.53 Å². The molecule has 0 saturated heterocycles. The Morgan fingerprint density at radius 1 is 1.50 bits per heavy atom. The second kappa shape index (κ2) is 4.02. The van der Waals surface area contributed by atoms with Gasteiger partial charge in [-0.3, -0.25) is 4.79 Å². The summed E-state index contributed by atoms with van der Waals surface area (Å²) in [6.07, 6.45) is 0. The molecule has 1 N–H and O–H groups in total. The minimum absolute atomic E-state index is 0.0576. The largest absolute Gasteiger partial charge is 0.349 e. The molecule has 0 bridgehead atoms. The Morgan fingerprint density at radius 2 is 2.29 bits per heavy atom.